The van der Waals surface area contributed by atoms with Crippen LogP contribution in [0.15, 0.2) is 10.6 Å². The lowest BCUT2D eigenvalue weighted by Gasteiger charge is -2.22. The molecule has 8 heteroatoms. The Hall–Kier alpha value is -2.22. The molecule has 1 aliphatic heterocycles. The Labute approximate surface area is 141 Å². The van der Waals surface area contributed by atoms with Gasteiger partial charge < -0.3 is 14.4 Å². The molecule has 3 heterocycles. The van der Waals surface area contributed by atoms with Crippen LogP contribution in [0.2, 0.25) is 0 Å². The SMILES string of the molecule is CC[C@@H](N[C@H](C)c1nnc2n1CCCC2)C(=O)Nc1cc(C)on1. The molecule has 0 fully saturated rings. The van der Waals surface area contributed by atoms with Crippen molar-refractivity contribution in [3.05, 3.63) is 23.5 Å². The number of nitrogens with zero attached hydrogens (tertiary/aromatic N) is 4. The zero-order valence-corrected chi connectivity index (χ0v) is 14.4. The maximum Gasteiger partial charge on any atom is 0.242 e. The molecule has 2 N–H and O–H groups in total. The molecule has 2 atom stereocenters. The van der Waals surface area contributed by atoms with Gasteiger partial charge in [0.05, 0.1) is 12.1 Å². The molecule has 0 radical (unpaired) electrons. The first-order valence-electron chi connectivity index (χ1n) is 8.50. The predicted octanol–water partition coefficient (Wildman–Crippen LogP) is 1.98. The van der Waals surface area contributed by atoms with Gasteiger partial charge in [-0.1, -0.05) is 12.1 Å². The van der Waals surface area contributed by atoms with Gasteiger partial charge in [0.1, 0.15) is 17.4 Å². The Kier molecular flexibility index (Phi) is 4.94. The highest BCUT2D eigenvalue weighted by Gasteiger charge is 2.25. The Bertz CT molecular complexity index is 707. The fraction of sp³-hybridized carbons (Fsp3) is 0.625. The van der Waals surface area contributed by atoms with Crippen molar-refractivity contribution >= 4 is 11.7 Å². The first-order chi connectivity index (χ1) is 11.6. The normalized spacial score (nSPS) is 16.5. The Balaban J connectivity index is 1.66. The second-order valence-electron chi connectivity index (χ2n) is 6.24. The number of aryl methyl sites for hydroxylation is 2. The van der Waals surface area contributed by atoms with Crippen molar-refractivity contribution in [1.82, 2.24) is 25.2 Å². The first-order valence-corrected chi connectivity index (χ1v) is 8.50. The fourth-order valence-electron chi connectivity index (χ4n) is 3.04. The van der Waals surface area contributed by atoms with E-state index < -0.39 is 0 Å². The summed E-state index contributed by atoms with van der Waals surface area (Å²) in [7, 11) is 0. The van der Waals surface area contributed by atoms with Gasteiger partial charge >= 0.3 is 0 Å². The number of amides is 1. The molecular weight excluding hydrogens is 308 g/mol. The highest BCUT2D eigenvalue weighted by molar-refractivity contribution is 5.94. The number of aromatic nitrogens is 4. The van der Waals surface area contributed by atoms with Gasteiger partial charge in [0, 0.05) is 19.0 Å². The van der Waals surface area contributed by atoms with Gasteiger partial charge in [-0.15, -0.1) is 10.2 Å². The van der Waals surface area contributed by atoms with Crippen LogP contribution in [-0.2, 0) is 17.8 Å². The standard InChI is InChI=1S/C16H24N6O2/c1-4-12(16(23)18-13-9-10(2)24-21-13)17-11(3)15-20-19-14-7-5-6-8-22(14)15/h9,11-12,17H,4-8H2,1-3H3,(H,18,21,23)/t11-,12-/m1/s1. The molecule has 130 valence electrons. The van der Waals surface area contributed by atoms with Crippen molar-refractivity contribution < 1.29 is 9.32 Å². The summed E-state index contributed by atoms with van der Waals surface area (Å²) in [5, 5.41) is 18.5. The maximum absolute atomic E-state index is 12.4. The molecular formula is C16H24N6O2. The van der Waals surface area contributed by atoms with Crippen molar-refractivity contribution in [2.75, 3.05) is 5.32 Å². The molecule has 2 aromatic rings. The molecule has 0 aromatic carbocycles. The van der Waals surface area contributed by atoms with E-state index in [-0.39, 0.29) is 18.0 Å². The van der Waals surface area contributed by atoms with Crippen LogP contribution in [0, 0.1) is 6.92 Å². The van der Waals surface area contributed by atoms with E-state index in [0.717, 1.165) is 37.5 Å². The van der Waals surface area contributed by atoms with Crippen molar-refractivity contribution in [1.29, 1.82) is 0 Å². The van der Waals surface area contributed by atoms with Crippen LogP contribution in [0.4, 0.5) is 5.82 Å². The van der Waals surface area contributed by atoms with E-state index >= 15 is 0 Å². The summed E-state index contributed by atoms with van der Waals surface area (Å²) in [5.41, 5.74) is 0. The first kappa shape index (κ1) is 16.6. The van der Waals surface area contributed by atoms with E-state index in [9.17, 15) is 4.79 Å². The van der Waals surface area contributed by atoms with E-state index in [1.807, 2.05) is 13.8 Å². The van der Waals surface area contributed by atoms with Gasteiger partial charge in [0.2, 0.25) is 5.91 Å². The van der Waals surface area contributed by atoms with Crippen molar-refractivity contribution in [2.45, 2.75) is 65.1 Å². The highest BCUT2D eigenvalue weighted by atomic mass is 16.5. The molecule has 0 saturated carbocycles. The molecule has 0 aliphatic carbocycles. The number of hydrogen-bond acceptors (Lipinski definition) is 6. The lowest BCUT2D eigenvalue weighted by Crippen LogP contribution is -2.42. The van der Waals surface area contributed by atoms with Crippen LogP contribution < -0.4 is 10.6 Å². The number of carbonyl (C=O) groups is 1. The summed E-state index contributed by atoms with van der Waals surface area (Å²) >= 11 is 0. The summed E-state index contributed by atoms with van der Waals surface area (Å²) < 4.78 is 7.15. The molecule has 1 aliphatic rings. The van der Waals surface area contributed by atoms with Gasteiger partial charge in [-0.05, 0) is 33.1 Å². The summed E-state index contributed by atoms with van der Waals surface area (Å²) in [6.07, 6.45) is 3.95. The van der Waals surface area contributed by atoms with Crippen LogP contribution in [0.5, 0.6) is 0 Å². The van der Waals surface area contributed by atoms with Gasteiger partial charge in [-0.25, -0.2) is 0 Å². The third kappa shape index (κ3) is 3.48. The topological polar surface area (TPSA) is 97.9 Å². The van der Waals surface area contributed by atoms with E-state index in [2.05, 4.69) is 30.6 Å². The number of anilines is 1. The number of carbonyl (C=O) groups excluding carboxylic acids is 1. The summed E-state index contributed by atoms with van der Waals surface area (Å²) in [6, 6.07) is 1.30. The van der Waals surface area contributed by atoms with Crippen molar-refractivity contribution in [3.8, 4) is 0 Å². The number of rotatable bonds is 6. The lowest BCUT2D eigenvalue weighted by molar-refractivity contribution is -0.118. The molecule has 0 spiro atoms. The molecule has 0 saturated heterocycles. The van der Waals surface area contributed by atoms with Crippen LogP contribution in [0.3, 0.4) is 0 Å². The molecule has 2 aromatic heterocycles. The number of nitrogens with one attached hydrogen (secondary N) is 2. The van der Waals surface area contributed by atoms with Gasteiger partial charge in [-0.3, -0.25) is 10.1 Å². The number of fused-ring (bicyclic) bond motifs is 1. The zero-order valence-electron chi connectivity index (χ0n) is 14.4. The van der Waals surface area contributed by atoms with E-state index in [4.69, 9.17) is 4.52 Å². The minimum atomic E-state index is -0.339. The average Bonchev–Trinajstić information content (AvgIpc) is 3.18. The van der Waals surface area contributed by atoms with Gasteiger partial charge in [-0.2, -0.15) is 0 Å². The monoisotopic (exact) mass is 332 g/mol. The molecule has 0 unspecified atom stereocenters. The van der Waals surface area contributed by atoms with Crippen LogP contribution in [0.1, 0.15) is 56.6 Å². The van der Waals surface area contributed by atoms with Crippen LogP contribution in [0.25, 0.3) is 0 Å². The van der Waals surface area contributed by atoms with Crippen LogP contribution in [-0.4, -0.2) is 31.9 Å². The zero-order chi connectivity index (χ0) is 17.1. The highest BCUT2D eigenvalue weighted by Crippen LogP contribution is 2.19. The Morgan fingerprint density at radius 3 is 2.96 bits per heavy atom. The second kappa shape index (κ2) is 7.12. The van der Waals surface area contributed by atoms with Gasteiger partial charge in [0.25, 0.3) is 0 Å². The molecule has 3 rings (SSSR count). The molecule has 8 nitrogen and oxygen atoms in total. The second-order valence-corrected chi connectivity index (χ2v) is 6.24. The van der Waals surface area contributed by atoms with E-state index in [1.54, 1.807) is 13.0 Å². The maximum atomic E-state index is 12.4. The quantitative estimate of drug-likeness (QED) is 0.839. The predicted molar refractivity (Wildman–Crippen MR) is 88.5 cm³/mol. The third-order valence-corrected chi connectivity index (χ3v) is 4.33. The van der Waals surface area contributed by atoms with E-state index in [0.29, 0.717) is 18.0 Å². The van der Waals surface area contributed by atoms with Crippen molar-refractivity contribution in [2.24, 2.45) is 0 Å². The smallest absolute Gasteiger partial charge is 0.242 e. The molecule has 1 amide bonds. The fourth-order valence-corrected chi connectivity index (χ4v) is 3.04. The third-order valence-electron chi connectivity index (χ3n) is 4.33. The summed E-state index contributed by atoms with van der Waals surface area (Å²) in [4.78, 5) is 12.4. The minimum Gasteiger partial charge on any atom is -0.360 e. The van der Waals surface area contributed by atoms with E-state index in [1.165, 1.54) is 0 Å². The Morgan fingerprint density at radius 1 is 1.42 bits per heavy atom. The van der Waals surface area contributed by atoms with Gasteiger partial charge in [0.15, 0.2) is 5.82 Å². The van der Waals surface area contributed by atoms with Crippen molar-refractivity contribution in [3.63, 3.8) is 0 Å². The largest absolute Gasteiger partial charge is 0.360 e. The summed E-state index contributed by atoms with van der Waals surface area (Å²) in [5.74, 6) is 2.91. The molecule has 0 bridgehead atoms. The Morgan fingerprint density at radius 2 is 2.25 bits per heavy atom. The average molecular weight is 332 g/mol. The lowest BCUT2D eigenvalue weighted by atomic mass is 10.1. The molecule has 24 heavy (non-hydrogen) atoms. The van der Waals surface area contributed by atoms with Crippen LogP contribution >= 0.6 is 0 Å². The summed E-state index contributed by atoms with van der Waals surface area (Å²) in [6.45, 7) is 6.72. The number of hydrogen-bond donors (Lipinski definition) is 2. The minimum absolute atomic E-state index is 0.0564.